The van der Waals surface area contributed by atoms with Crippen molar-refractivity contribution in [3.8, 4) is 0 Å². The predicted octanol–water partition coefficient (Wildman–Crippen LogP) is 2.51. The van der Waals surface area contributed by atoms with E-state index in [1.807, 2.05) is 12.1 Å². The maximum Gasteiger partial charge on any atom is 0.117 e. The molecular weight excluding hydrogens is 252 g/mol. The Morgan fingerprint density at radius 1 is 1.35 bits per heavy atom. The molecule has 0 bridgehead atoms. The zero-order valence-electron chi connectivity index (χ0n) is 12.9. The second kappa shape index (κ2) is 7.81. The second-order valence-electron chi connectivity index (χ2n) is 6.04. The summed E-state index contributed by atoms with van der Waals surface area (Å²) >= 11 is 0. The first-order chi connectivity index (χ1) is 9.74. The lowest BCUT2D eigenvalue weighted by Gasteiger charge is -2.40. The summed E-state index contributed by atoms with van der Waals surface area (Å²) in [6.07, 6.45) is 5.23. The van der Waals surface area contributed by atoms with Crippen LogP contribution in [-0.2, 0) is 11.3 Å². The maximum atomic E-state index is 5.55. The smallest absolute Gasteiger partial charge is 0.117 e. The molecule has 4 nitrogen and oxygen atoms in total. The molecule has 0 spiro atoms. The number of hydrogen-bond donors (Lipinski definition) is 1. The van der Waals surface area contributed by atoms with E-state index in [2.05, 4.69) is 24.2 Å². The Morgan fingerprint density at radius 3 is 2.80 bits per heavy atom. The standard InChI is InChI=1S/C16H28N2O2/c1-3-8-17-13-16(6-10-19-11-7-16)14-18(2)12-15-5-4-9-20-15/h4-5,9,17H,3,6-8,10-14H2,1-2H3. The molecule has 0 aliphatic carbocycles. The molecule has 2 rings (SSSR count). The van der Waals surface area contributed by atoms with E-state index >= 15 is 0 Å². The Hall–Kier alpha value is -0.840. The van der Waals surface area contributed by atoms with E-state index in [0.29, 0.717) is 5.41 Å². The van der Waals surface area contributed by atoms with Crippen LogP contribution in [0, 0.1) is 5.41 Å². The molecule has 0 amide bonds. The summed E-state index contributed by atoms with van der Waals surface area (Å²) in [6, 6.07) is 4.00. The molecule has 4 heteroatoms. The van der Waals surface area contributed by atoms with Crippen LogP contribution < -0.4 is 5.32 Å². The van der Waals surface area contributed by atoms with Crippen LogP contribution in [0.3, 0.4) is 0 Å². The highest BCUT2D eigenvalue weighted by molar-refractivity contribution is 4.98. The average Bonchev–Trinajstić information content (AvgIpc) is 2.92. The Labute approximate surface area is 122 Å². The Kier molecular flexibility index (Phi) is 6.07. The lowest BCUT2D eigenvalue weighted by molar-refractivity contribution is -0.00226. The summed E-state index contributed by atoms with van der Waals surface area (Å²) in [6.45, 7) is 8.16. The maximum absolute atomic E-state index is 5.55. The molecule has 1 aliphatic rings. The topological polar surface area (TPSA) is 37.6 Å². The van der Waals surface area contributed by atoms with E-state index in [1.54, 1.807) is 6.26 Å². The number of nitrogens with zero attached hydrogens (tertiary/aromatic N) is 1. The van der Waals surface area contributed by atoms with Crippen LogP contribution in [0.1, 0.15) is 31.9 Å². The monoisotopic (exact) mass is 280 g/mol. The van der Waals surface area contributed by atoms with Crippen LogP contribution in [0.15, 0.2) is 22.8 Å². The third-order valence-electron chi connectivity index (χ3n) is 4.09. The van der Waals surface area contributed by atoms with Crippen molar-refractivity contribution in [2.45, 2.75) is 32.7 Å². The Morgan fingerprint density at radius 2 is 2.15 bits per heavy atom. The molecule has 2 heterocycles. The zero-order valence-corrected chi connectivity index (χ0v) is 12.9. The molecule has 0 atom stereocenters. The molecular formula is C16H28N2O2. The van der Waals surface area contributed by atoms with Gasteiger partial charge < -0.3 is 14.5 Å². The molecule has 0 radical (unpaired) electrons. The van der Waals surface area contributed by atoms with Gasteiger partial charge in [0.1, 0.15) is 5.76 Å². The molecule has 20 heavy (non-hydrogen) atoms. The van der Waals surface area contributed by atoms with Crippen molar-refractivity contribution in [2.24, 2.45) is 5.41 Å². The molecule has 1 saturated heterocycles. The largest absolute Gasteiger partial charge is 0.468 e. The van der Waals surface area contributed by atoms with Crippen molar-refractivity contribution < 1.29 is 9.15 Å². The normalized spacial score (nSPS) is 18.6. The summed E-state index contributed by atoms with van der Waals surface area (Å²) < 4.78 is 11.0. The molecule has 1 fully saturated rings. The molecule has 1 aromatic rings. The van der Waals surface area contributed by atoms with Crippen LogP contribution in [0.5, 0.6) is 0 Å². The van der Waals surface area contributed by atoms with E-state index in [-0.39, 0.29) is 0 Å². The minimum atomic E-state index is 0.342. The molecule has 0 saturated carbocycles. The fourth-order valence-electron chi connectivity index (χ4n) is 3.02. The highest BCUT2D eigenvalue weighted by Gasteiger charge is 2.33. The van der Waals surface area contributed by atoms with Crippen molar-refractivity contribution in [2.75, 3.05) is 39.9 Å². The van der Waals surface area contributed by atoms with Crippen molar-refractivity contribution in [3.63, 3.8) is 0 Å². The van der Waals surface area contributed by atoms with E-state index < -0.39 is 0 Å². The minimum Gasteiger partial charge on any atom is -0.468 e. The molecule has 1 aliphatic heterocycles. The van der Waals surface area contributed by atoms with Gasteiger partial charge in [0.05, 0.1) is 12.8 Å². The van der Waals surface area contributed by atoms with Crippen LogP contribution in [0.2, 0.25) is 0 Å². The van der Waals surface area contributed by atoms with E-state index in [0.717, 1.165) is 58.0 Å². The van der Waals surface area contributed by atoms with Crippen molar-refractivity contribution in [3.05, 3.63) is 24.2 Å². The molecule has 0 unspecified atom stereocenters. The van der Waals surface area contributed by atoms with Crippen molar-refractivity contribution >= 4 is 0 Å². The highest BCUT2D eigenvalue weighted by Crippen LogP contribution is 2.31. The van der Waals surface area contributed by atoms with Gasteiger partial charge >= 0.3 is 0 Å². The lowest BCUT2D eigenvalue weighted by atomic mass is 9.79. The summed E-state index contributed by atoms with van der Waals surface area (Å²) in [5, 5.41) is 3.60. The van der Waals surface area contributed by atoms with Gasteiger partial charge in [-0.3, -0.25) is 4.90 Å². The summed E-state index contributed by atoms with van der Waals surface area (Å²) in [5.74, 6) is 1.04. The summed E-state index contributed by atoms with van der Waals surface area (Å²) in [4.78, 5) is 2.37. The van der Waals surface area contributed by atoms with Crippen molar-refractivity contribution in [1.82, 2.24) is 10.2 Å². The molecule has 114 valence electrons. The summed E-state index contributed by atoms with van der Waals surface area (Å²) in [5.41, 5.74) is 0.342. The van der Waals surface area contributed by atoms with Crippen molar-refractivity contribution in [1.29, 1.82) is 0 Å². The van der Waals surface area contributed by atoms with Crippen LogP contribution >= 0.6 is 0 Å². The second-order valence-corrected chi connectivity index (χ2v) is 6.04. The minimum absolute atomic E-state index is 0.342. The van der Waals surface area contributed by atoms with Gasteiger partial charge in [0, 0.05) is 26.3 Å². The highest BCUT2D eigenvalue weighted by atomic mass is 16.5. The van der Waals surface area contributed by atoms with Gasteiger partial charge in [-0.2, -0.15) is 0 Å². The van der Waals surface area contributed by atoms with Crippen LogP contribution in [-0.4, -0.2) is 44.8 Å². The fraction of sp³-hybridized carbons (Fsp3) is 0.750. The number of rotatable bonds is 8. The lowest BCUT2D eigenvalue weighted by Crippen LogP contribution is -2.46. The molecule has 0 aromatic carbocycles. The van der Waals surface area contributed by atoms with Gasteiger partial charge in [-0.15, -0.1) is 0 Å². The first kappa shape index (κ1) is 15.5. The predicted molar refractivity (Wildman–Crippen MR) is 80.7 cm³/mol. The van der Waals surface area contributed by atoms with Gasteiger partial charge in [0.2, 0.25) is 0 Å². The van der Waals surface area contributed by atoms with Crippen LogP contribution in [0.25, 0.3) is 0 Å². The Bertz CT molecular complexity index is 359. The fourth-order valence-corrected chi connectivity index (χ4v) is 3.02. The van der Waals surface area contributed by atoms with Gasteiger partial charge in [0.15, 0.2) is 0 Å². The van der Waals surface area contributed by atoms with E-state index in [9.17, 15) is 0 Å². The first-order valence-corrected chi connectivity index (χ1v) is 7.73. The molecule has 1 aromatic heterocycles. The van der Waals surface area contributed by atoms with Gasteiger partial charge in [-0.25, -0.2) is 0 Å². The number of furan rings is 1. The van der Waals surface area contributed by atoms with Gasteiger partial charge in [0.25, 0.3) is 0 Å². The first-order valence-electron chi connectivity index (χ1n) is 7.73. The number of nitrogens with one attached hydrogen (secondary N) is 1. The quantitative estimate of drug-likeness (QED) is 0.743. The van der Waals surface area contributed by atoms with Crippen LogP contribution in [0.4, 0.5) is 0 Å². The Balaban J connectivity index is 1.88. The van der Waals surface area contributed by atoms with E-state index in [1.165, 1.54) is 6.42 Å². The van der Waals surface area contributed by atoms with Gasteiger partial charge in [-0.05, 0) is 50.4 Å². The summed E-state index contributed by atoms with van der Waals surface area (Å²) in [7, 11) is 2.18. The third-order valence-corrected chi connectivity index (χ3v) is 4.09. The average molecular weight is 280 g/mol. The SMILES string of the molecule is CCCNCC1(CN(C)Cc2ccco2)CCOCC1. The van der Waals surface area contributed by atoms with Gasteiger partial charge in [-0.1, -0.05) is 6.92 Å². The van der Waals surface area contributed by atoms with E-state index in [4.69, 9.17) is 9.15 Å². The number of ether oxygens (including phenoxy) is 1. The zero-order chi connectivity index (χ0) is 14.3. The third kappa shape index (κ3) is 4.62. The number of hydrogen-bond acceptors (Lipinski definition) is 4. The molecule has 1 N–H and O–H groups in total.